The SMILES string of the molecule is CC(Cc1ccccc1Cl)NC(=O)c1cc(Br)c(Br)s1. The molecule has 2 nitrogen and oxygen atoms in total. The van der Waals surface area contributed by atoms with Crippen molar-refractivity contribution in [3.8, 4) is 0 Å². The van der Waals surface area contributed by atoms with E-state index in [1.807, 2.05) is 37.3 Å². The van der Waals surface area contributed by atoms with Gasteiger partial charge in [-0.25, -0.2) is 0 Å². The molecule has 0 aliphatic carbocycles. The van der Waals surface area contributed by atoms with Crippen molar-refractivity contribution in [3.05, 3.63) is 54.1 Å². The summed E-state index contributed by atoms with van der Waals surface area (Å²) in [5.41, 5.74) is 1.04. The molecular weight excluding hydrogens is 425 g/mol. The molecule has 1 aromatic carbocycles. The zero-order valence-electron chi connectivity index (χ0n) is 10.6. The first-order valence-corrected chi connectivity index (χ1v) is 8.74. The van der Waals surface area contributed by atoms with Gasteiger partial charge in [0.15, 0.2) is 0 Å². The van der Waals surface area contributed by atoms with E-state index in [1.165, 1.54) is 11.3 Å². The Labute approximate surface area is 143 Å². The van der Waals surface area contributed by atoms with Gasteiger partial charge in [-0.05, 0) is 62.9 Å². The predicted octanol–water partition coefficient (Wildman–Crippen LogP) is 5.29. The number of carbonyl (C=O) groups is 1. The number of rotatable bonds is 4. The molecule has 1 unspecified atom stereocenters. The van der Waals surface area contributed by atoms with E-state index < -0.39 is 0 Å². The third kappa shape index (κ3) is 4.07. The first-order valence-electron chi connectivity index (χ1n) is 5.96. The Bertz CT molecular complexity index is 610. The molecule has 6 heteroatoms. The van der Waals surface area contributed by atoms with Crippen LogP contribution >= 0.6 is 54.8 Å². The molecule has 0 radical (unpaired) electrons. The fourth-order valence-electron chi connectivity index (χ4n) is 1.80. The lowest BCUT2D eigenvalue weighted by Crippen LogP contribution is -2.33. The van der Waals surface area contributed by atoms with E-state index in [4.69, 9.17) is 11.6 Å². The third-order valence-electron chi connectivity index (χ3n) is 2.73. The Morgan fingerprint density at radius 3 is 2.70 bits per heavy atom. The summed E-state index contributed by atoms with van der Waals surface area (Å²) in [6.07, 6.45) is 0.707. The maximum atomic E-state index is 12.1. The largest absolute Gasteiger partial charge is 0.349 e. The molecule has 0 aliphatic rings. The van der Waals surface area contributed by atoms with Crippen molar-refractivity contribution in [1.29, 1.82) is 0 Å². The highest BCUT2D eigenvalue weighted by Crippen LogP contribution is 2.32. The van der Waals surface area contributed by atoms with Crippen molar-refractivity contribution in [2.45, 2.75) is 19.4 Å². The van der Waals surface area contributed by atoms with Crippen molar-refractivity contribution < 1.29 is 4.79 Å². The van der Waals surface area contributed by atoms with Crippen molar-refractivity contribution >= 4 is 60.7 Å². The summed E-state index contributed by atoms with van der Waals surface area (Å²) >= 11 is 14.3. The minimum atomic E-state index is -0.0686. The number of nitrogens with one attached hydrogen (secondary N) is 1. The summed E-state index contributed by atoms with van der Waals surface area (Å²) in [5, 5.41) is 3.72. The van der Waals surface area contributed by atoms with Crippen LogP contribution in [0.5, 0.6) is 0 Å². The van der Waals surface area contributed by atoms with Crippen LogP contribution in [-0.2, 0) is 6.42 Å². The van der Waals surface area contributed by atoms with Gasteiger partial charge in [0.1, 0.15) is 0 Å². The van der Waals surface area contributed by atoms with Gasteiger partial charge in [0.2, 0.25) is 0 Å². The molecule has 1 atom stereocenters. The second-order valence-corrected chi connectivity index (χ2v) is 8.03. The van der Waals surface area contributed by atoms with Gasteiger partial charge in [0.05, 0.1) is 8.66 Å². The van der Waals surface area contributed by atoms with Crippen molar-refractivity contribution in [2.24, 2.45) is 0 Å². The lowest BCUT2D eigenvalue weighted by Gasteiger charge is -2.14. The van der Waals surface area contributed by atoms with Crippen LogP contribution < -0.4 is 5.32 Å². The molecule has 2 aromatic rings. The van der Waals surface area contributed by atoms with Crippen LogP contribution in [0, 0.1) is 0 Å². The maximum Gasteiger partial charge on any atom is 0.261 e. The predicted molar refractivity (Wildman–Crippen MR) is 91.8 cm³/mol. The average Bonchev–Trinajstić information content (AvgIpc) is 2.72. The maximum absolute atomic E-state index is 12.1. The highest BCUT2D eigenvalue weighted by molar-refractivity contribution is 9.13. The van der Waals surface area contributed by atoms with Crippen molar-refractivity contribution in [2.75, 3.05) is 0 Å². The number of hydrogen-bond donors (Lipinski definition) is 1. The van der Waals surface area contributed by atoms with Crippen molar-refractivity contribution in [3.63, 3.8) is 0 Å². The van der Waals surface area contributed by atoms with E-state index in [0.717, 1.165) is 18.8 Å². The van der Waals surface area contributed by atoms with E-state index in [2.05, 4.69) is 37.2 Å². The second-order valence-electron chi connectivity index (χ2n) is 4.40. The van der Waals surface area contributed by atoms with E-state index in [1.54, 1.807) is 0 Å². The first kappa shape index (κ1) is 16.0. The molecule has 1 amide bonds. The van der Waals surface area contributed by atoms with E-state index >= 15 is 0 Å². The topological polar surface area (TPSA) is 29.1 Å². The van der Waals surface area contributed by atoms with Gasteiger partial charge in [0.25, 0.3) is 5.91 Å². The van der Waals surface area contributed by atoms with Crippen LogP contribution in [0.2, 0.25) is 5.02 Å². The normalized spacial score (nSPS) is 12.2. The summed E-state index contributed by atoms with van der Waals surface area (Å²) in [4.78, 5) is 12.8. The molecule has 2 rings (SSSR count). The Kier molecular flexibility index (Phi) is 5.66. The zero-order valence-corrected chi connectivity index (χ0v) is 15.4. The van der Waals surface area contributed by atoms with Crippen LogP contribution in [0.1, 0.15) is 22.2 Å². The highest BCUT2D eigenvalue weighted by atomic mass is 79.9. The molecular formula is C14H12Br2ClNOS. The number of thiophene rings is 1. The summed E-state index contributed by atoms with van der Waals surface area (Å²) in [7, 11) is 0. The van der Waals surface area contributed by atoms with Gasteiger partial charge in [-0.15, -0.1) is 11.3 Å². The fraction of sp³-hybridized carbons (Fsp3) is 0.214. The van der Waals surface area contributed by atoms with Gasteiger partial charge in [-0.3, -0.25) is 4.79 Å². The Balaban J connectivity index is 1.99. The van der Waals surface area contributed by atoms with Crippen LogP contribution in [0.4, 0.5) is 0 Å². The number of benzene rings is 1. The molecule has 0 fully saturated rings. The van der Waals surface area contributed by atoms with Gasteiger partial charge in [-0.2, -0.15) is 0 Å². The van der Waals surface area contributed by atoms with E-state index in [0.29, 0.717) is 11.3 Å². The molecule has 20 heavy (non-hydrogen) atoms. The monoisotopic (exact) mass is 435 g/mol. The minimum Gasteiger partial charge on any atom is -0.349 e. The van der Waals surface area contributed by atoms with Crippen LogP contribution in [0.3, 0.4) is 0 Å². The molecule has 106 valence electrons. The van der Waals surface area contributed by atoms with Crippen molar-refractivity contribution in [1.82, 2.24) is 5.32 Å². The Morgan fingerprint density at radius 1 is 1.40 bits per heavy atom. The molecule has 0 saturated heterocycles. The second kappa shape index (κ2) is 7.07. The molecule has 0 aliphatic heterocycles. The smallest absolute Gasteiger partial charge is 0.261 e. The lowest BCUT2D eigenvalue weighted by atomic mass is 10.1. The van der Waals surface area contributed by atoms with Gasteiger partial charge in [0, 0.05) is 15.5 Å². The molecule has 0 bridgehead atoms. The number of hydrogen-bond acceptors (Lipinski definition) is 2. The molecule has 0 saturated carbocycles. The molecule has 0 spiro atoms. The summed E-state index contributed by atoms with van der Waals surface area (Å²) < 4.78 is 1.81. The number of carbonyl (C=O) groups excluding carboxylic acids is 1. The quantitative estimate of drug-likeness (QED) is 0.692. The minimum absolute atomic E-state index is 0.0158. The van der Waals surface area contributed by atoms with Gasteiger partial charge < -0.3 is 5.32 Å². The molecule has 1 N–H and O–H groups in total. The summed E-state index contributed by atoms with van der Waals surface area (Å²) in [6, 6.07) is 9.51. The average molecular weight is 438 g/mol. The molecule has 1 heterocycles. The third-order valence-corrected chi connectivity index (χ3v) is 6.35. The number of halogens is 3. The van der Waals surface area contributed by atoms with Gasteiger partial charge >= 0.3 is 0 Å². The summed E-state index contributed by atoms with van der Waals surface area (Å²) in [5.74, 6) is -0.0686. The fourth-order valence-corrected chi connectivity index (χ4v) is 3.95. The Hall–Kier alpha value is -0.360. The lowest BCUT2D eigenvalue weighted by molar-refractivity contribution is 0.0944. The zero-order chi connectivity index (χ0) is 14.7. The summed E-state index contributed by atoms with van der Waals surface area (Å²) in [6.45, 7) is 1.97. The van der Waals surface area contributed by atoms with Gasteiger partial charge in [-0.1, -0.05) is 29.8 Å². The molecule has 1 aromatic heterocycles. The van der Waals surface area contributed by atoms with Crippen LogP contribution in [0.15, 0.2) is 38.6 Å². The van der Waals surface area contributed by atoms with E-state index in [9.17, 15) is 4.79 Å². The number of amides is 1. The highest BCUT2D eigenvalue weighted by Gasteiger charge is 2.15. The van der Waals surface area contributed by atoms with Crippen LogP contribution in [-0.4, -0.2) is 11.9 Å². The standard InChI is InChI=1S/C14H12Br2ClNOS/c1-8(6-9-4-2-3-5-11(9)17)18-14(19)12-7-10(15)13(16)20-12/h2-5,7-8H,6H2,1H3,(H,18,19). The Morgan fingerprint density at radius 2 is 2.10 bits per heavy atom. The van der Waals surface area contributed by atoms with Crippen LogP contribution in [0.25, 0.3) is 0 Å². The first-order chi connectivity index (χ1) is 9.47. The van der Waals surface area contributed by atoms with E-state index in [-0.39, 0.29) is 11.9 Å².